The number of anilines is 1. The van der Waals surface area contributed by atoms with Crippen LogP contribution in [0.15, 0.2) is 12.3 Å². The highest BCUT2D eigenvalue weighted by molar-refractivity contribution is 5.58. The molecule has 25 heavy (non-hydrogen) atoms. The second kappa shape index (κ2) is 6.75. The maximum atomic E-state index is 12.8. The van der Waals surface area contributed by atoms with Crippen LogP contribution in [0.2, 0.25) is 0 Å². The molecule has 0 saturated heterocycles. The molecule has 2 aromatic rings. The molecule has 0 unspecified atom stereocenters. The third kappa shape index (κ3) is 3.92. The first kappa shape index (κ1) is 17.3. The Kier molecular flexibility index (Phi) is 4.66. The molecule has 3 rings (SSSR count). The number of rotatable bonds is 1. The van der Waals surface area contributed by atoms with Gasteiger partial charge in [0.1, 0.15) is 5.69 Å². The highest BCUT2D eigenvalue weighted by Gasteiger charge is 2.34. The number of hydrogen-bond acceptors (Lipinski definition) is 4. The number of alkyl halides is 3. The minimum atomic E-state index is -4.51. The Hall–Kier alpha value is -2.56. The van der Waals surface area contributed by atoms with Crippen LogP contribution in [0.5, 0.6) is 0 Å². The Morgan fingerprint density at radius 1 is 1.24 bits per heavy atom. The normalized spacial score (nSPS) is 15.7. The van der Waals surface area contributed by atoms with Crippen LogP contribution in [-0.2, 0) is 13.2 Å². The molecule has 5 nitrogen and oxygen atoms in total. The van der Waals surface area contributed by atoms with Gasteiger partial charge in [0, 0.05) is 13.0 Å². The van der Waals surface area contributed by atoms with Crippen LogP contribution < -0.4 is 5.73 Å². The Labute approximate surface area is 143 Å². The monoisotopic (exact) mass is 349 g/mol. The highest BCUT2D eigenvalue weighted by atomic mass is 19.4. The van der Waals surface area contributed by atoms with Gasteiger partial charge in [-0.25, -0.2) is 9.97 Å². The summed E-state index contributed by atoms with van der Waals surface area (Å²) in [6, 6.07) is 0.943. The molecule has 1 aliphatic carbocycles. The van der Waals surface area contributed by atoms with Crippen LogP contribution in [0.4, 0.5) is 19.0 Å². The molecule has 0 aliphatic heterocycles. The van der Waals surface area contributed by atoms with Crippen molar-refractivity contribution in [2.45, 2.75) is 38.3 Å². The van der Waals surface area contributed by atoms with E-state index in [1.807, 2.05) is 0 Å². The number of aryl methyl sites for hydroxylation is 1. The van der Waals surface area contributed by atoms with E-state index in [1.54, 1.807) is 0 Å². The van der Waals surface area contributed by atoms with Crippen LogP contribution >= 0.6 is 0 Å². The standard InChI is InChI=1S/C17H18F3N5/c1-25-14(9-15(24-25)17(18,19)20)13-10-22-16(21)12(23-13)8-7-11-5-3-2-4-6-11/h9-11H,2-6H2,1H3,(H2,21,22). The number of nitrogen functional groups attached to an aromatic ring is 1. The smallest absolute Gasteiger partial charge is 0.381 e. The fourth-order valence-electron chi connectivity index (χ4n) is 2.88. The first-order chi connectivity index (χ1) is 11.8. The lowest BCUT2D eigenvalue weighted by Gasteiger charge is -2.15. The topological polar surface area (TPSA) is 69.6 Å². The molecule has 0 radical (unpaired) electrons. The van der Waals surface area contributed by atoms with E-state index in [-0.39, 0.29) is 22.9 Å². The van der Waals surface area contributed by atoms with Gasteiger partial charge in [-0.05, 0) is 24.8 Å². The van der Waals surface area contributed by atoms with Crippen molar-refractivity contribution in [3.63, 3.8) is 0 Å². The van der Waals surface area contributed by atoms with Gasteiger partial charge in [0.25, 0.3) is 0 Å². The molecule has 2 aromatic heterocycles. The summed E-state index contributed by atoms with van der Waals surface area (Å²) in [4.78, 5) is 8.32. The van der Waals surface area contributed by atoms with Crippen LogP contribution in [-0.4, -0.2) is 19.7 Å². The van der Waals surface area contributed by atoms with Gasteiger partial charge in [-0.2, -0.15) is 18.3 Å². The molecular formula is C17H18F3N5. The van der Waals surface area contributed by atoms with E-state index >= 15 is 0 Å². The largest absolute Gasteiger partial charge is 0.435 e. The molecule has 0 aromatic carbocycles. The summed E-state index contributed by atoms with van der Waals surface area (Å²) in [5, 5.41) is 3.49. The van der Waals surface area contributed by atoms with Crippen molar-refractivity contribution >= 4 is 5.82 Å². The molecule has 1 aliphatic rings. The number of halogens is 3. The predicted molar refractivity (Wildman–Crippen MR) is 87.1 cm³/mol. The minimum absolute atomic E-state index is 0.172. The maximum absolute atomic E-state index is 12.8. The van der Waals surface area contributed by atoms with E-state index in [0.717, 1.165) is 36.4 Å². The molecule has 1 saturated carbocycles. The van der Waals surface area contributed by atoms with E-state index in [0.29, 0.717) is 5.92 Å². The predicted octanol–water partition coefficient (Wildman–Crippen LogP) is 3.41. The zero-order valence-electron chi connectivity index (χ0n) is 13.8. The Balaban J connectivity index is 1.92. The van der Waals surface area contributed by atoms with Gasteiger partial charge in [0.15, 0.2) is 17.2 Å². The summed E-state index contributed by atoms with van der Waals surface area (Å²) in [6.45, 7) is 0. The lowest BCUT2D eigenvalue weighted by Crippen LogP contribution is -2.06. The first-order valence-corrected chi connectivity index (χ1v) is 8.10. The van der Waals surface area contributed by atoms with Crippen molar-refractivity contribution < 1.29 is 13.2 Å². The summed E-state index contributed by atoms with van der Waals surface area (Å²) >= 11 is 0. The molecule has 0 amide bonds. The van der Waals surface area contributed by atoms with E-state index in [9.17, 15) is 13.2 Å². The SMILES string of the molecule is Cn1nc(C(F)(F)F)cc1-c1cnc(N)c(C#CC2CCCCC2)n1. The van der Waals surface area contributed by atoms with Gasteiger partial charge in [-0.3, -0.25) is 4.68 Å². The summed E-state index contributed by atoms with van der Waals surface area (Å²) < 4.78 is 39.6. The summed E-state index contributed by atoms with van der Waals surface area (Å²) in [5.41, 5.74) is 5.60. The molecule has 1 fully saturated rings. The third-order valence-electron chi connectivity index (χ3n) is 4.23. The summed E-state index contributed by atoms with van der Waals surface area (Å²) in [6.07, 6.45) is 2.48. The van der Waals surface area contributed by atoms with Gasteiger partial charge in [-0.1, -0.05) is 25.2 Å². The summed E-state index contributed by atoms with van der Waals surface area (Å²) in [5.74, 6) is 6.60. The number of aromatic nitrogens is 4. The molecule has 2 heterocycles. The zero-order valence-corrected chi connectivity index (χ0v) is 13.8. The lowest BCUT2D eigenvalue weighted by atomic mass is 9.90. The fourth-order valence-corrected chi connectivity index (χ4v) is 2.88. The third-order valence-corrected chi connectivity index (χ3v) is 4.23. The van der Waals surface area contributed by atoms with Gasteiger partial charge in [0.2, 0.25) is 0 Å². The van der Waals surface area contributed by atoms with Gasteiger partial charge in [0.05, 0.1) is 11.9 Å². The average molecular weight is 349 g/mol. The number of nitrogens with zero attached hydrogens (tertiary/aromatic N) is 4. The van der Waals surface area contributed by atoms with E-state index < -0.39 is 11.9 Å². The van der Waals surface area contributed by atoms with Crippen LogP contribution in [0.3, 0.4) is 0 Å². The van der Waals surface area contributed by atoms with Crippen molar-refractivity contribution in [1.29, 1.82) is 0 Å². The molecule has 2 N–H and O–H groups in total. The van der Waals surface area contributed by atoms with Crippen molar-refractivity contribution in [2.24, 2.45) is 13.0 Å². The Morgan fingerprint density at radius 3 is 2.60 bits per heavy atom. The minimum Gasteiger partial charge on any atom is -0.381 e. The van der Waals surface area contributed by atoms with Gasteiger partial charge in [-0.15, -0.1) is 0 Å². The van der Waals surface area contributed by atoms with E-state index in [2.05, 4.69) is 26.9 Å². The van der Waals surface area contributed by atoms with Crippen LogP contribution in [0, 0.1) is 17.8 Å². The summed E-state index contributed by atoms with van der Waals surface area (Å²) in [7, 11) is 1.43. The highest BCUT2D eigenvalue weighted by Crippen LogP contribution is 2.31. The first-order valence-electron chi connectivity index (χ1n) is 8.10. The lowest BCUT2D eigenvalue weighted by molar-refractivity contribution is -0.141. The molecular weight excluding hydrogens is 331 g/mol. The number of nitrogens with two attached hydrogens (primary N) is 1. The Bertz CT molecular complexity index is 823. The quantitative estimate of drug-likeness (QED) is 0.801. The number of hydrogen-bond donors (Lipinski definition) is 1. The molecule has 0 atom stereocenters. The molecule has 0 bridgehead atoms. The van der Waals surface area contributed by atoms with Crippen LogP contribution in [0.1, 0.15) is 43.5 Å². The van der Waals surface area contributed by atoms with Crippen molar-refractivity contribution in [2.75, 3.05) is 5.73 Å². The van der Waals surface area contributed by atoms with Gasteiger partial charge < -0.3 is 5.73 Å². The second-order valence-electron chi connectivity index (χ2n) is 6.13. The van der Waals surface area contributed by atoms with Gasteiger partial charge >= 0.3 is 6.18 Å². The molecule has 132 valence electrons. The van der Waals surface area contributed by atoms with Crippen molar-refractivity contribution in [1.82, 2.24) is 19.7 Å². The van der Waals surface area contributed by atoms with Crippen molar-refractivity contribution in [3.05, 3.63) is 23.7 Å². The van der Waals surface area contributed by atoms with Crippen LogP contribution in [0.25, 0.3) is 11.4 Å². The fraction of sp³-hybridized carbons (Fsp3) is 0.471. The average Bonchev–Trinajstić information content (AvgIpc) is 2.97. The molecule has 0 spiro atoms. The van der Waals surface area contributed by atoms with Crippen molar-refractivity contribution in [3.8, 4) is 23.2 Å². The van der Waals surface area contributed by atoms with E-state index in [4.69, 9.17) is 5.73 Å². The molecule has 8 heteroatoms. The van der Waals surface area contributed by atoms with E-state index in [1.165, 1.54) is 19.7 Å². The maximum Gasteiger partial charge on any atom is 0.435 e. The second-order valence-corrected chi connectivity index (χ2v) is 6.13. The Morgan fingerprint density at radius 2 is 1.96 bits per heavy atom. The zero-order chi connectivity index (χ0) is 18.0.